The molecule has 0 bridgehead atoms. The van der Waals surface area contributed by atoms with Crippen LogP contribution in [0, 0.1) is 10.1 Å². The minimum absolute atomic E-state index is 0.0543. The van der Waals surface area contributed by atoms with E-state index in [0.717, 1.165) is 13.1 Å². The summed E-state index contributed by atoms with van der Waals surface area (Å²) in [7, 11) is 1.49. The summed E-state index contributed by atoms with van der Waals surface area (Å²) in [5, 5.41) is 22.7. The van der Waals surface area contributed by atoms with Crippen LogP contribution in [0.25, 0.3) is 11.0 Å². The minimum Gasteiger partial charge on any atom is -0.503 e. The molecule has 0 fully saturated rings. The predicted molar refractivity (Wildman–Crippen MR) is 132 cm³/mol. The van der Waals surface area contributed by atoms with Crippen LogP contribution in [-0.4, -0.2) is 64.8 Å². The van der Waals surface area contributed by atoms with Gasteiger partial charge in [-0.1, -0.05) is 26.0 Å². The number of aliphatic hydroxyl groups excluding tert-OH is 1. The maximum absolute atomic E-state index is 13.7. The van der Waals surface area contributed by atoms with Crippen LogP contribution in [-0.2, 0) is 4.79 Å². The molecule has 1 aromatic heterocycles. The number of non-ortho nitro benzene ring substituents is 1. The predicted octanol–water partition coefficient (Wildman–Crippen LogP) is 4.27. The molecule has 4 rings (SSSR count). The van der Waals surface area contributed by atoms with Gasteiger partial charge < -0.3 is 24.1 Å². The van der Waals surface area contributed by atoms with Gasteiger partial charge in [0.15, 0.2) is 22.9 Å². The average molecular weight is 494 g/mol. The van der Waals surface area contributed by atoms with Crippen molar-refractivity contribution in [3.8, 4) is 5.75 Å². The Kier molecular flexibility index (Phi) is 7.07. The fourth-order valence-electron chi connectivity index (χ4n) is 4.47. The molecule has 10 heteroatoms. The third kappa shape index (κ3) is 4.42. The Bertz CT molecular complexity index is 1340. The number of ketones is 1. The molecule has 0 unspecified atom stereocenters. The molecule has 0 radical (unpaired) electrons. The van der Waals surface area contributed by atoms with Crippen LogP contribution < -0.4 is 4.74 Å². The lowest BCUT2D eigenvalue weighted by molar-refractivity contribution is -0.384. The first-order valence-electron chi connectivity index (χ1n) is 11.6. The Labute approximate surface area is 207 Å². The maximum Gasteiger partial charge on any atom is 0.290 e. The number of nitro benzene ring substituents is 1. The van der Waals surface area contributed by atoms with Crippen LogP contribution in [0.1, 0.15) is 36.0 Å². The van der Waals surface area contributed by atoms with Crippen LogP contribution in [0.4, 0.5) is 5.69 Å². The summed E-state index contributed by atoms with van der Waals surface area (Å²) in [4.78, 5) is 41.0. The van der Waals surface area contributed by atoms with E-state index >= 15 is 0 Å². The van der Waals surface area contributed by atoms with Gasteiger partial charge in [0.2, 0.25) is 5.78 Å². The van der Waals surface area contributed by atoms with Crippen molar-refractivity contribution in [2.24, 2.45) is 0 Å². The van der Waals surface area contributed by atoms with Gasteiger partial charge in [0.05, 0.1) is 23.6 Å². The van der Waals surface area contributed by atoms with E-state index in [1.807, 2.05) is 13.8 Å². The molecule has 1 atom stereocenters. The number of carbonyl (C=O) groups is 2. The molecule has 0 saturated heterocycles. The number of Topliss-reactive ketones (excluding diaryl/α,β-unsaturated/α-hetero) is 1. The third-order valence-corrected chi connectivity index (χ3v) is 6.47. The summed E-state index contributed by atoms with van der Waals surface area (Å²) >= 11 is 0. The van der Waals surface area contributed by atoms with Crippen molar-refractivity contribution in [1.29, 1.82) is 0 Å². The van der Waals surface area contributed by atoms with Crippen LogP contribution in [0.5, 0.6) is 5.75 Å². The topological polar surface area (TPSA) is 126 Å². The number of hydrogen-bond acceptors (Lipinski definition) is 8. The van der Waals surface area contributed by atoms with Gasteiger partial charge in [-0.05, 0) is 42.9 Å². The van der Waals surface area contributed by atoms with Gasteiger partial charge in [-0.3, -0.25) is 19.7 Å². The number of amides is 1. The number of para-hydroxylation sites is 1. The average Bonchev–Trinajstić information content (AvgIpc) is 3.43. The number of carbonyl (C=O) groups excluding carboxylic acids is 2. The second-order valence-corrected chi connectivity index (χ2v) is 8.36. The summed E-state index contributed by atoms with van der Waals surface area (Å²) in [6, 6.07) is 11.4. The molecule has 3 aromatic rings. The fraction of sp³-hybridized carbons (Fsp3) is 0.308. The number of aliphatic hydroxyl groups is 1. The number of benzene rings is 2. The number of nitrogens with zero attached hydrogens (tertiary/aromatic N) is 3. The summed E-state index contributed by atoms with van der Waals surface area (Å²) in [5.41, 5.74) is 0.585. The number of likely N-dealkylation sites (N-methyl/N-ethyl adjacent to an activating group) is 1. The van der Waals surface area contributed by atoms with Gasteiger partial charge >= 0.3 is 0 Å². The molecular weight excluding hydrogens is 466 g/mol. The monoisotopic (exact) mass is 493 g/mol. The Morgan fingerprint density at radius 1 is 1.19 bits per heavy atom. The van der Waals surface area contributed by atoms with E-state index in [2.05, 4.69) is 4.90 Å². The highest BCUT2D eigenvalue weighted by Gasteiger charge is 2.44. The van der Waals surface area contributed by atoms with E-state index in [0.29, 0.717) is 28.8 Å². The molecule has 0 saturated carbocycles. The highest BCUT2D eigenvalue weighted by atomic mass is 16.6. The van der Waals surface area contributed by atoms with Gasteiger partial charge in [0.25, 0.3) is 11.6 Å². The lowest BCUT2D eigenvalue weighted by atomic mass is 9.95. The van der Waals surface area contributed by atoms with Gasteiger partial charge in [-0.25, -0.2) is 0 Å². The number of hydrogen-bond donors (Lipinski definition) is 1. The lowest BCUT2D eigenvalue weighted by Gasteiger charge is -2.29. The van der Waals surface area contributed by atoms with Crippen LogP contribution in [0.2, 0.25) is 0 Å². The molecule has 1 N–H and O–H groups in total. The molecule has 1 amide bonds. The smallest absolute Gasteiger partial charge is 0.290 e. The summed E-state index contributed by atoms with van der Waals surface area (Å²) in [6.07, 6.45) is 0. The zero-order chi connectivity index (χ0) is 26.0. The Hall–Kier alpha value is -4.18. The number of fused-ring (bicyclic) bond motifs is 1. The van der Waals surface area contributed by atoms with E-state index in [1.165, 1.54) is 42.3 Å². The fourth-order valence-corrected chi connectivity index (χ4v) is 4.47. The normalized spacial score (nSPS) is 15.8. The van der Waals surface area contributed by atoms with E-state index in [9.17, 15) is 24.8 Å². The van der Waals surface area contributed by atoms with Crippen LogP contribution in [0.15, 0.2) is 64.3 Å². The molecule has 36 heavy (non-hydrogen) atoms. The van der Waals surface area contributed by atoms with Crippen molar-refractivity contribution >= 4 is 28.3 Å². The molecule has 10 nitrogen and oxygen atoms in total. The maximum atomic E-state index is 13.7. The van der Waals surface area contributed by atoms with Crippen molar-refractivity contribution in [3.05, 3.63) is 81.3 Å². The quantitative estimate of drug-likeness (QED) is 0.252. The Morgan fingerprint density at radius 2 is 1.89 bits per heavy atom. The van der Waals surface area contributed by atoms with Gasteiger partial charge in [-0.15, -0.1) is 0 Å². The van der Waals surface area contributed by atoms with Crippen molar-refractivity contribution in [2.45, 2.75) is 19.9 Å². The summed E-state index contributed by atoms with van der Waals surface area (Å²) < 4.78 is 11.1. The molecule has 1 aliphatic rings. The highest BCUT2D eigenvalue weighted by Crippen LogP contribution is 2.40. The molecular formula is C26H27N3O7. The first-order valence-corrected chi connectivity index (χ1v) is 11.6. The van der Waals surface area contributed by atoms with Crippen molar-refractivity contribution < 1.29 is 28.8 Å². The van der Waals surface area contributed by atoms with Gasteiger partial charge in [0.1, 0.15) is 0 Å². The Morgan fingerprint density at radius 3 is 2.50 bits per heavy atom. The largest absolute Gasteiger partial charge is 0.503 e. The summed E-state index contributed by atoms with van der Waals surface area (Å²) in [5.74, 6) is -1.59. The molecule has 2 heterocycles. The molecule has 0 aliphatic carbocycles. The second-order valence-electron chi connectivity index (χ2n) is 8.36. The van der Waals surface area contributed by atoms with Crippen molar-refractivity contribution in [1.82, 2.24) is 9.80 Å². The zero-order valence-corrected chi connectivity index (χ0v) is 20.3. The van der Waals surface area contributed by atoms with Crippen molar-refractivity contribution in [3.63, 3.8) is 0 Å². The zero-order valence-electron chi connectivity index (χ0n) is 20.3. The van der Waals surface area contributed by atoms with Gasteiger partial charge in [-0.2, -0.15) is 0 Å². The highest BCUT2D eigenvalue weighted by molar-refractivity contribution is 6.16. The Balaban J connectivity index is 1.77. The molecule has 1 aliphatic heterocycles. The number of nitro groups is 1. The number of ether oxygens (including phenoxy) is 1. The van der Waals surface area contributed by atoms with Crippen molar-refractivity contribution in [2.75, 3.05) is 33.3 Å². The third-order valence-electron chi connectivity index (χ3n) is 6.47. The SMILES string of the molecule is CCN(CC)CCN1C(=O)C(O)=C(C(=O)c2cc3cccc(OC)c3o2)[C@@H]1c1ccc([N+](=O)[O-])cc1. The summed E-state index contributed by atoms with van der Waals surface area (Å²) in [6.45, 7) is 6.32. The molecule has 0 spiro atoms. The van der Waals surface area contributed by atoms with E-state index in [4.69, 9.17) is 9.15 Å². The van der Waals surface area contributed by atoms with Gasteiger partial charge in [0, 0.05) is 30.6 Å². The number of methoxy groups -OCH3 is 1. The van der Waals surface area contributed by atoms with Crippen LogP contribution in [0.3, 0.4) is 0 Å². The van der Waals surface area contributed by atoms with E-state index in [1.54, 1.807) is 18.2 Å². The van der Waals surface area contributed by atoms with Crippen LogP contribution >= 0.6 is 0 Å². The van der Waals surface area contributed by atoms with E-state index < -0.39 is 28.4 Å². The second kappa shape index (κ2) is 10.2. The standard InChI is InChI=1S/C26H27N3O7/c1-4-27(5-2)13-14-28-22(16-9-11-18(12-10-16)29(33)34)21(24(31)26(28)32)23(30)20-15-17-7-6-8-19(35-3)25(17)36-20/h6-12,15,22,31H,4-5,13-14H2,1-3H3/t22-/m0/s1. The number of rotatable bonds is 10. The lowest BCUT2D eigenvalue weighted by Crippen LogP contribution is -2.38. The first kappa shape index (κ1) is 24.9. The molecule has 2 aromatic carbocycles. The number of furan rings is 1. The van der Waals surface area contributed by atoms with E-state index in [-0.39, 0.29) is 23.6 Å². The minimum atomic E-state index is -0.934. The molecule has 188 valence electrons. The first-order chi connectivity index (χ1) is 17.3.